The third-order valence-corrected chi connectivity index (χ3v) is 10.8. The highest BCUT2D eigenvalue weighted by Gasteiger charge is 2.25. The Morgan fingerprint density at radius 3 is 1.40 bits per heavy atom. The number of unbranched alkanes of at least 4 members (excludes halogenated alkanes) is 18. The molecule has 0 N–H and O–H groups in total. The number of ether oxygens (including phenoxy) is 3. The number of carbonyl (C=O) groups is 3. The fraction of sp³-hybridized carbons (Fsp3) is 0.722. The monoisotopic (exact) mass is 868 g/mol. The van der Waals surface area contributed by atoms with Crippen LogP contribution in [-0.4, -0.2) is 75.5 Å². The van der Waals surface area contributed by atoms with Crippen LogP contribution in [0.25, 0.3) is 0 Å². The molecule has 0 spiro atoms. The zero-order valence-electron chi connectivity index (χ0n) is 40.5. The Morgan fingerprint density at radius 2 is 0.919 bits per heavy atom. The number of nitrogens with zero attached hydrogens (tertiary/aromatic N) is 1. The van der Waals surface area contributed by atoms with E-state index >= 15 is 0 Å². The van der Waals surface area contributed by atoms with Gasteiger partial charge in [0.05, 0.1) is 40.3 Å². The molecule has 0 heterocycles. The molecule has 0 radical (unpaired) electrons. The van der Waals surface area contributed by atoms with Gasteiger partial charge in [-0.1, -0.05) is 177 Å². The molecule has 8 heteroatoms. The van der Waals surface area contributed by atoms with Crippen molar-refractivity contribution in [2.75, 3.05) is 41.0 Å². The summed E-state index contributed by atoms with van der Waals surface area (Å²) < 4.78 is 17.2. The van der Waals surface area contributed by atoms with Gasteiger partial charge in [-0.05, 0) is 77.0 Å². The van der Waals surface area contributed by atoms with Crippen LogP contribution in [0.1, 0.15) is 200 Å². The predicted molar refractivity (Wildman–Crippen MR) is 259 cm³/mol. The summed E-state index contributed by atoms with van der Waals surface area (Å²) in [5, 5.41) is 11.7. The molecule has 62 heavy (non-hydrogen) atoms. The van der Waals surface area contributed by atoms with Gasteiger partial charge in [0.1, 0.15) is 12.6 Å². The fourth-order valence-corrected chi connectivity index (χ4v) is 6.98. The van der Waals surface area contributed by atoms with Crippen LogP contribution in [0.3, 0.4) is 0 Å². The Bertz CT molecular complexity index is 1240. The summed E-state index contributed by atoms with van der Waals surface area (Å²) in [4.78, 5) is 37.0. The van der Waals surface area contributed by atoms with Crippen molar-refractivity contribution in [3.05, 3.63) is 72.9 Å². The number of hydrogen-bond donors (Lipinski definition) is 0. The van der Waals surface area contributed by atoms with Crippen molar-refractivity contribution in [1.29, 1.82) is 0 Å². The molecule has 356 valence electrons. The first-order valence-corrected chi connectivity index (χ1v) is 25.0. The molecular formula is C54H93NO7. The largest absolute Gasteiger partial charge is 0.544 e. The maximum atomic E-state index is 12.7. The van der Waals surface area contributed by atoms with Crippen molar-refractivity contribution in [3.63, 3.8) is 0 Å². The first kappa shape index (κ1) is 58.8. The Labute approximate surface area is 381 Å². The summed E-state index contributed by atoms with van der Waals surface area (Å²) in [6, 6.07) is -0.739. The second-order valence-electron chi connectivity index (χ2n) is 17.7. The molecule has 0 aromatic heterocycles. The zero-order valence-corrected chi connectivity index (χ0v) is 40.5. The number of esters is 2. The fourth-order valence-electron chi connectivity index (χ4n) is 6.98. The van der Waals surface area contributed by atoms with Gasteiger partial charge in [-0.2, -0.15) is 0 Å². The Hall–Kier alpha value is -3.23. The number of aliphatic carboxylic acids is 1. The summed E-state index contributed by atoms with van der Waals surface area (Å²) in [7, 11) is 5.39. The molecular weight excluding hydrogens is 775 g/mol. The average Bonchev–Trinajstić information content (AvgIpc) is 3.23. The van der Waals surface area contributed by atoms with E-state index < -0.39 is 18.1 Å². The molecule has 2 atom stereocenters. The van der Waals surface area contributed by atoms with Gasteiger partial charge in [-0.15, -0.1) is 0 Å². The summed E-state index contributed by atoms with van der Waals surface area (Å²) in [6.07, 6.45) is 56.6. The van der Waals surface area contributed by atoms with Crippen molar-refractivity contribution in [3.8, 4) is 0 Å². The molecule has 0 saturated heterocycles. The van der Waals surface area contributed by atoms with Gasteiger partial charge < -0.3 is 28.6 Å². The molecule has 0 aliphatic heterocycles. The lowest BCUT2D eigenvalue weighted by Gasteiger charge is -2.34. The van der Waals surface area contributed by atoms with Crippen molar-refractivity contribution >= 4 is 17.9 Å². The molecule has 0 aromatic carbocycles. The third kappa shape index (κ3) is 42.1. The normalized spacial score (nSPS) is 13.5. The van der Waals surface area contributed by atoms with E-state index in [1.807, 2.05) is 0 Å². The van der Waals surface area contributed by atoms with Gasteiger partial charge in [0.2, 0.25) is 0 Å². The van der Waals surface area contributed by atoms with E-state index in [1.165, 1.54) is 103 Å². The predicted octanol–water partition coefficient (Wildman–Crippen LogP) is 13.0. The summed E-state index contributed by atoms with van der Waals surface area (Å²) in [6.45, 7) is 4.49. The second-order valence-corrected chi connectivity index (χ2v) is 17.7. The van der Waals surface area contributed by atoms with Crippen LogP contribution in [-0.2, 0) is 28.6 Å². The molecule has 0 amide bonds. The number of hydrogen-bond acceptors (Lipinski definition) is 7. The molecule has 0 rings (SSSR count). The minimum absolute atomic E-state index is 0.0146. The number of quaternary nitrogens is 1. The van der Waals surface area contributed by atoms with E-state index in [2.05, 4.69) is 86.8 Å². The number of carboxylic acid groups (broad SMARTS) is 1. The van der Waals surface area contributed by atoms with E-state index in [0.717, 1.165) is 57.8 Å². The van der Waals surface area contributed by atoms with Gasteiger partial charge in [0.15, 0.2) is 6.10 Å². The topological polar surface area (TPSA) is 102 Å². The highest BCUT2D eigenvalue weighted by molar-refractivity contribution is 5.70. The number of carbonyl (C=O) groups excluding carboxylic acids is 3. The molecule has 0 fully saturated rings. The molecule has 8 nitrogen and oxygen atoms in total. The molecule has 0 aromatic rings. The first-order valence-electron chi connectivity index (χ1n) is 25.0. The number of allylic oxidation sites excluding steroid dienone is 12. The number of rotatable bonds is 44. The van der Waals surface area contributed by atoms with Crippen LogP contribution in [0.2, 0.25) is 0 Å². The highest BCUT2D eigenvalue weighted by atomic mass is 16.6. The van der Waals surface area contributed by atoms with Crippen molar-refractivity contribution in [1.82, 2.24) is 0 Å². The van der Waals surface area contributed by atoms with E-state index in [0.29, 0.717) is 12.8 Å². The van der Waals surface area contributed by atoms with Crippen molar-refractivity contribution < 1.29 is 38.2 Å². The Morgan fingerprint density at radius 1 is 0.500 bits per heavy atom. The standard InChI is InChI=1S/C54H93NO7/c1-6-8-10-12-14-16-18-20-22-24-25-26-27-29-30-32-34-36-38-40-42-44-52(56)61-49-50(48-60-47-46-51(54(58)59)55(3,4)5)62-53(57)45-43-41-39-37-35-33-31-28-23-21-19-17-15-13-11-9-7-2/h9,11,15,17,21,23-25,31,33,37,39,50-51H,6-8,10,12-14,16,18-20,22,26-30,32,34-36,38,40-49H2,1-5H3/b11-9-,17-15-,23-21-,25-24-,33-31-,39-37-. The van der Waals surface area contributed by atoms with Crippen LogP contribution in [0.15, 0.2) is 72.9 Å². The van der Waals surface area contributed by atoms with E-state index in [9.17, 15) is 19.5 Å². The molecule has 0 bridgehead atoms. The van der Waals surface area contributed by atoms with Crippen LogP contribution in [0.5, 0.6) is 0 Å². The maximum Gasteiger partial charge on any atom is 0.306 e. The van der Waals surface area contributed by atoms with Gasteiger partial charge >= 0.3 is 11.9 Å². The number of likely N-dealkylation sites (N-methyl/N-ethyl adjacent to an activating group) is 1. The van der Waals surface area contributed by atoms with E-state index in [4.69, 9.17) is 14.2 Å². The summed E-state index contributed by atoms with van der Waals surface area (Å²) >= 11 is 0. The summed E-state index contributed by atoms with van der Waals surface area (Å²) in [5.74, 6) is -1.82. The third-order valence-electron chi connectivity index (χ3n) is 10.8. The molecule has 0 saturated carbocycles. The lowest BCUT2D eigenvalue weighted by Crippen LogP contribution is -2.55. The van der Waals surface area contributed by atoms with Gasteiger partial charge in [0.25, 0.3) is 0 Å². The Kier molecular flexibility index (Phi) is 42.1. The van der Waals surface area contributed by atoms with Crippen LogP contribution >= 0.6 is 0 Å². The lowest BCUT2D eigenvalue weighted by molar-refractivity contribution is -0.889. The highest BCUT2D eigenvalue weighted by Crippen LogP contribution is 2.14. The van der Waals surface area contributed by atoms with Crippen LogP contribution in [0.4, 0.5) is 0 Å². The second kappa shape index (κ2) is 44.4. The van der Waals surface area contributed by atoms with Crippen LogP contribution < -0.4 is 5.11 Å². The zero-order chi connectivity index (χ0) is 45.6. The SMILES string of the molecule is CC/C=C\C/C=C\C/C=C\C/C=C\C/C=C\CCCC(=O)OC(COCCC(C(=O)[O-])[N+](C)(C)C)COC(=O)CCCCCCCCCCC/C=C\CCCCCCCCCC. The minimum Gasteiger partial charge on any atom is -0.544 e. The molecule has 0 aliphatic carbocycles. The lowest BCUT2D eigenvalue weighted by atomic mass is 10.1. The molecule has 0 aliphatic rings. The van der Waals surface area contributed by atoms with E-state index in [1.54, 1.807) is 21.1 Å². The van der Waals surface area contributed by atoms with E-state index in [-0.39, 0.29) is 49.1 Å². The quantitative estimate of drug-likeness (QED) is 0.0260. The van der Waals surface area contributed by atoms with Crippen molar-refractivity contribution in [2.45, 2.75) is 212 Å². The van der Waals surface area contributed by atoms with Gasteiger partial charge in [-0.25, -0.2) is 0 Å². The minimum atomic E-state index is -1.14. The maximum absolute atomic E-state index is 12.7. The Balaban J connectivity index is 4.33. The van der Waals surface area contributed by atoms with Crippen LogP contribution in [0, 0.1) is 0 Å². The summed E-state index contributed by atoms with van der Waals surface area (Å²) in [5.41, 5.74) is 0. The number of carboxylic acids is 1. The van der Waals surface area contributed by atoms with Gasteiger partial charge in [-0.3, -0.25) is 9.59 Å². The average molecular weight is 868 g/mol. The van der Waals surface area contributed by atoms with Crippen molar-refractivity contribution in [2.24, 2.45) is 0 Å². The molecule has 2 unspecified atom stereocenters. The smallest absolute Gasteiger partial charge is 0.306 e. The van der Waals surface area contributed by atoms with Gasteiger partial charge in [0, 0.05) is 19.3 Å². The first-order chi connectivity index (χ1) is 30.1.